The highest BCUT2D eigenvalue weighted by Crippen LogP contribution is 2.23. The third kappa shape index (κ3) is 4.44. The van der Waals surface area contributed by atoms with Crippen molar-refractivity contribution in [2.75, 3.05) is 20.8 Å². The fourth-order valence-corrected chi connectivity index (χ4v) is 1.84. The second kappa shape index (κ2) is 7.63. The molecule has 5 heteroatoms. The summed E-state index contributed by atoms with van der Waals surface area (Å²) in [5.41, 5.74) is 0.234. The number of phenolic OH excluding ortho intramolecular Hbond substituents is 1. The molecule has 0 radical (unpaired) electrons. The molecule has 0 bridgehead atoms. The molecule has 1 unspecified atom stereocenters. The lowest BCUT2D eigenvalue weighted by atomic mass is 10.1. The van der Waals surface area contributed by atoms with Crippen molar-refractivity contribution in [3.8, 4) is 11.5 Å². The number of hydrogen-bond donors (Lipinski definition) is 2. The van der Waals surface area contributed by atoms with Crippen molar-refractivity contribution >= 4 is 5.91 Å². The SMILES string of the molecule is CCCC(COC)NC(=O)c1ccc(OC)cc1O. The van der Waals surface area contributed by atoms with Gasteiger partial charge in [-0.25, -0.2) is 0 Å². The maximum Gasteiger partial charge on any atom is 0.255 e. The lowest BCUT2D eigenvalue weighted by molar-refractivity contribution is 0.0889. The lowest BCUT2D eigenvalue weighted by Gasteiger charge is -2.17. The minimum atomic E-state index is -0.310. The molecular weight excluding hydrogens is 246 g/mol. The van der Waals surface area contributed by atoms with Gasteiger partial charge < -0.3 is 19.9 Å². The minimum absolute atomic E-state index is 0.0519. The molecule has 1 amide bonds. The van der Waals surface area contributed by atoms with E-state index in [-0.39, 0.29) is 23.3 Å². The summed E-state index contributed by atoms with van der Waals surface area (Å²) in [6, 6.07) is 4.54. The summed E-state index contributed by atoms with van der Waals surface area (Å²) in [6.45, 7) is 2.50. The minimum Gasteiger partial charge on any atom is -0.507 e. The summed E-state index contributed by atoms with van der Waals surface area (Å²) in [5.74, 6) is 0.108. The second-order valence-electron chi connectivity index (χ2n) is 4.30. The van der Waals surface area contributed by atoms with E-state index in [0.29, 0.717) is 12.4 Å². The Morgan fingerprint density at radius 1 is 1.42 bits per heavy atom. The zero-order chi connectivity index (χ0) is 14.3. The van der Waals surface area contributed by atoms with Crippen LogP contribution in [0.15, 0.2) is 18.2 Å². The molecule has 0 fully saturated rings. The highest BCUT2D eigenvalue weighted by molar-refractivity contribution is 5.97. The number of hydrogen-bond acceptors (Lipinski definition) is 4. The molecular formula is C14H21NO4. The van der Waals surface area contributed by atoms with Crippen molar-refractivity contribution < 1.29 is 19.4 Å². The molecule has 0 aliphatic heterocycles. The molecule has 0 aromatic heterocycles. The standard InChI is InChI=1S/C14H21NO4/c1-4-5-10(9-18-2)15-14(17)12-7-6-11(19-3)8-13(12)16/h6-8,10,16H,4-5,9H2,1-3H3,(H,15,17). The zero-order valence-electron chi connectivity index (χ0n) is 11.6. The molecule has 1 rings (SSSR count). The van der Waals surface area contributed by atoms with Gasteiger partial charge in [0.1, 0.15) is 11.5 Å². The number of phenols is 1. The Balaban J connectivity index is 2.76. The zero-order valence-corrected chi connectivity index (χ0v) is 11.6. The van der Waals surface area contributed by atoms with Gasteiger partial charge in [0.15, 0.2) is 0 Å². The molecule has 0 saturated carbocycles. The summed E-state index contributed by atoms with van der Waals surface area (Å²) in [5, 5.41) is 12.6. The third-order valence-electron chi connectivity index (χ3n) is 2.79. The van der Waals surface area contributed by atoms with E-state index >= 15 is 0 Å². The molecule has 1 atom stereocenters. The van der Waals surface area contributed by atoms with Gasteiger partial charge in [-0.1, -0.05) is 13.3 Å². The summed E-state index contributed by atoms with van der Waals surface area (Å²) in [6.07, 6.45) is 1.78. The Morgan fingerprint density at radius 2 is 2.16 bits per heavy atom. The molecule has 1 aromatic rings. The van der Waals surface area contributed by atoms with Crippen LogP contribution in [0.25, 0.3) is 0 Å². The highest BCUT2D eigenvalue weighted by atomic mass is 16.5. The van der Waals surface area contributed by atoms with Crippen molar-refractivity contribution in [1.29, 1.82) is 0 Å². The summed E-state index contributed by atoms with van der Waals surface area (Å²) >= 11 is 0. The molecule has 19 heavy (non-hydrogen) atoms. The van der Waals surface area contributed by atoms with E-state index in [1.54, 1.807) is 19.2 Å². The van der Waals surface area contributed by atoms with Gasteiger partial charge in [0, 0.05) is 13.2 Å². The third-order valence-corrected chi connectivity index (χ3v) is 2.79. The first-order valence-corrected chi connectivity index (χ1v) is 6.29. The molecule has 1 aromatic carbocycles. The van der Waals surface area contributed by atoms with Gasteiger partial charge in [0.2, 0.25) is 0 Å². The van der Waals surface area contributed by atoms with E-state index in [0.717, 1.165) is 12.8 Å². The van der Waals surface area contributed by atoms with Crippen molar-refractivity contribution in [2.24, 2.45) is 0 Å². The average Bonchev–Trinajstić information content (AvgIpc) is 2.38. The van der Waals surface area contributed by atoms with Crippen LogP contribution in [0.3, 0.4) is 0 Å². The fraction of sp³-hybridized carbons (Fsp3) is 0.500. The van der Waals surface area contributed by atoms with Crippen LogP contribution in [0.5, 0.6) is 11.5 Å². The Labute approximate surface area is 113 Å². The number of rotatable bonds is 7. The monoisotopic (exact) mass is 267 g/mol. The number of methoxy groups -OCH3 is 2. The first-order chi connectivity index (χ1) is 9.12. The molecule has 2 N–H and O–H groups in total. The molecule has 106 valence electrons. The van der Waals surface area contributed by atoms with Gasteiger partial charge in [-0.15, -0.1) is 0 Å². The van der Waals surface area contributed by atoms with Crippen LogP contribution in [0.2, 0.25) is 0 Å². The maximum atomic E-state index is 12.1. The van der Waals surface area contributed by atoms with E-state index < -0.39 is 0 Å². The summed E-state index contributed by atoms with van der Waals surface area (Å²) < 4.78 is 10.0. The molecule has 0 aliphatic carbocycles. The van der Waals surface area contributed by atoms with Crippen molar-refractivity contribution in [3.63, 3.8) is 0 Å². The van der Waals surface area contributed by atoms with Crippen LogP contribution < -0.4 is 10.1 Å². The normalized spacial score (nSPS) is 11.9. The number of aromatic hydroxyl groups is 1. The van der Waals surface area contributed by atoms with Crippen LogP contribution in [-0.4, -0.2) is 37.9 Å². The average molecular weight is 267 g/mol. The molecule has 0 saturated heterocycles. The van der Waals surface area contributed by atoms with Crippen molar-refractivity contribution in [1.82, 2.24) is 5.32 Å². The van der Waals surface area contributed by atoms with Crippen LogP contribution in [-0.2, 0) is 4.74 Å². The maximum absolute atomic E-state index is 12.1. The predicted molar refractivity (Wildman–Crippen MR) is 72.7 cm³/mol. The molecule has 0 spiro atoms. The number of nitrogens with one attached hydrogen (secondary N) is 1. The predicted octanol–water partition coefficient (Wildman–Crippen LogP) is 1.95. The first-order valence-electron chi connectivity index (χ1n) is 6.29. The smallest absolute Gasteiger partial charge is 0.255 e. The Hall–Kier alpha value is -1.75. The van der Waals surface area contributed by atoms with Gasteiger partial charge in [-0.05, 0) is 18.6 Å². The van der Waals surface area contributed by atoms with E-state index in [2.05, 4.69) is 5.32 Å². The topological polar surface area (TPSA) is 67.8 Å². The second-order valence-corrected chi connectivity index (χ2v) is 4.30. The number of carbonyl (C=O) groups excluding carboxylic acids is 1. The quantitative estimate of drug-likeness (QED) is 0.792. The Morgan fingerprint density at radius 3 is 2.68 bits per heavy atom. The van der Waals surface area contributed by atoms with E-state index in [1.807, 2.05) is 6.92 Å². The van der Waals surface area contributed by atoms with Crippen molar-refractivity contribution in [2.45, 2.75) is 25.8 Å². The number of ether oxygens (including phenoxy) is 2. The van der Waals surface area contributed by atoms with Gasteiger partial charge in [-0.3, -0.25) is 4.79 Å². The highest BCUT2D eigenvalue weighted by Gasteiger charge is 2.16. The van der Waals surface area contributed by atoms with Gasteiger partial charge >= 0.3 is 0 Å². The van der Waals surface area contributed by atoms with Crippen LogP contribution in [0.1, 0.15) is 30.1 Å². The molecule has 0 heterocycles. The van der Waals surface area contributed by atoms with Crippen molar-refractivity contribution in [3.05, 3.63) is 23.8 Å². The first kappa shape index (κ1) is 15.3. The lowest BCUT2D eigenvalue weighted by Crippen LogP contribution is -2.37. The van der Waals surface area contributed by atoms with Crippen LogP contribution in [0, 0.1) is 0 Å². The Kier molecular flexibility index (Phi) is 6.15. The number of benzene rings is 1. The summed E-state index contributed by atoms with van der Waals surface area (Å²) in [4.78, 5) is 12.1. The van der Waals surface area contributed by atoms with Gasteiger partial charge in [0.05, 0.1) is 25.3 Å². The molecule has 5 nitrogen and oxygen atoms in total. The van der Waals surface area contributed by atoms with Gasteiger partial charge in [-0.2, -0.15) is 0 Å². The summed E-state index contributed by atoms with van der Waals surface area (Å²) in [7, 11) is 3.10. The van der Waals surface area contributed by atoms with Gasteiger partial charge in [0.25, 0.3) is 5.91 Å². The van der Waals surface area contributed by atoms with E-state index in [4.69, 9.17) is 9.47 Å². The van der Waals surface area contributed by atoms with E-state index in [9.17, 15) is 9.90 Å². The number of amides is 1. The van der Waals surface area contributed by atoms with E-state index in [1.165, 1.54) is 13.2 Å². The molecule has 0 aliphatic rings. The number of carbonyl (C=O) groups is 1. The van der Waals surface area contributed by atoms with Crippen LogP contribution >= 0.6 is 0 Å². The van der Waals surface area contributed by atoms with Crippen LogP contribution in [0.4, 0.5) is 0 Å². The largest absolute Gasteiger partial charge is 0.507 e. The fourth-order valence-electron chi connectivity index (χ4n) is 1.84. The Bertz CT molecular complexity index is 414.